The minimum absolute atomic E-state index is 0.0122. The molecule has 78 valence electrons. The molecule has 0 aromatic rings. The summed E-state index contributed by atoms with van der Waals surface area (Å²) in [7, 11) is 1.81. The van der Waals surface area contributed by atoms with Crippen molar-refractivity contribution in [3.8, 4) is 0 Å². The van der Waals surface area contributed by atoms with Gasteiger partial charge in [-0.2, -0.15) is 0 Å². The molecule has 0 saturated carbocycles. The smallest absolute Gasteiger partial charge is 0.224 e. The third kappa shape index (κ3) is 5.60. The van der Waals surface area contributed by atoms with Gasteiger partial charge in [0.2, 0.25) is 5.91 Å². The molecule has 2 unspecified atom stereocenters. The van der Waals surface area contributed by atoms with Crippen LogP contribution in [0.15, 0.2) is 0 Å². The highest BCUT2D eigenvalue weighted by atomic mass is 16.3. The molecule has 0 aliphatic rings. The second-order valence-electron chi connectivity index (χ2n) is 3.27. The molecule has 0 bridgehead atoms. The topological polar surface area (TPSA) is 61.4 Å². The standard InChI is InChI=1S/C9H20N2O2/c1-4-8(12)6-11-9(13)7(2)5-10-3/h7-8,10,12H,4-6H2,1-3H3,(H,11,13). The predicted octanol–water partition coefficient (Wildman–Crippen LogP) is -0.271. The summed E-state index contributed by atoms with van der Waals surface area (Å²) in [5.41, 5.74) is 0. The van der Waals surface area contributed by atoms with Crippen LogP contribution < -0.4 is 10.6 Å². The lowest BCUT2D eigenvalue weighted by Gasteiger charge is -2.13. The Kier molecular flexibility index (Phi) is 6.54. The van der Waals surface area contributed by atoms with Crippen LogP contribution in [0.2, 0.25) is 0 Å². The monoisotopic (exact) mass is 188 g/mol. The van der Waals surface area contributed by atoms with Crippen molar-refractivity contribution in [2.45, 2.75) is 26.4 Å². The summed E-state index contributed by atoms with van der Waals surface area (Å²) in [5, 5.41) is 14.8. The lowest BCUT2D eigenvalue weighted by Crippen LogP contribution is -2.38. The van der Waals surface area contributed by atoms with Crippen molar-refractivity contribution in [1.29, 1.82) is 0 Å². The second kappa shape index (κ2) is 6.86. The van der Waals surface area contributed by atoms with Crippen LogP contribution >= 0.6 is 0 Å². The SMILES string of the molecule is CCC(O)CNC(=O)C(C)CNC. The molecule has 3 N–H and O–H groups in total. The summed E-state index contributed by atoms with van der Waals surface area (Å²) in [4.78, 5) is 11.3. The maximum absolute atomic E-state index is 11.3. The first-order valence-electron chi connectivity index (χ1n) is 4.72. The van der Waals surface area contributed by atoms with E-state index in [-0.39, 0.29) is 11.8 Å². The molecular weight excluding hydrogens is 168 g/mol. The van der Waals surface area contributed by atoms with E-state index in [2.05, 4.69) is 10.6 Å². The van der Waals surface area contributed by atoms with E-state index >= 15 is 0 Å². The van der Waals surface area contributed by atoms with Gasteiger partial charge >= 0.3 is 0 Å². The van der Waals surface area contributed by atoms with Gasteiger partial charge in [0.1, 0.15) is 0 Å². The van der Waals surface area contributed by atoms with Gasteiger partial charge in [-0.3, -0.25) is 4.79 Å². The van der Waals surface area contributed by atoms with Crippen LogP contribution in [-0.2, 0) is 4.79 Å². The summed E-state index contributed by atoms with van der Waals surface area (Å²) >= 11 is 0. The minimum atomic E-state index is -0.425. The van der Waals surface area contributed by atoms with E-state index in [9.17, 15) is 9.90 Å². The van der Waals surface area contributed by atoms with Gasteiger partial charge in [0.25, 0.3) is 0 Å². The lowest BCUT2D eigenvalue weighted by molar-refractivity contribution is -0.124. The molecule has 0 aromatic carbocycles. The van der Waals surface area contributed by atoms with Crippen molar-refractivity contribution in [2.75, 3.05) is 20.1 Å². The van der Waals surface area contributed by atoms with Gasteiger partial charge < -0.3 is 15.7 Å². The van der Waals surface area contributed by atoms with Crippen LogP contribution in [0.5, 0.6) is 0 Å². The molecule has 0 aliphatic heterocycles. The number of carbonyl (C=O) groups excluding carboxylic acids is 1. The van der Waals surface area contributed by atoms with E-state index in [0.717, 1.165) is 0 Å². The fourth-order valence-corrected chi connectivity index (χ4v) is 0.936. The molecular formula is C9H20N2O2. The summed E-state index contributed by atoms with van der Waals surface area (Å²) in [6.07, 6.45) is 0.242. The third-order valence-corrected chi connectivity index (χ3v) is 1.94. The molecule has 13 heavy (non-hydrogen) atoms. The number of aliphatic hydroxyl groups is 1. The number of carbonyl (C=O) groups is 1. The normalized spacial score (nSPS) is 15.1. The first kappa shape index (κ1) is 12.4. The van der Waals surface area contributed by atoms with Crippen molar-refractivity contribution >= 4 is 5.91 Å². The zero-order valence-electron chi connectivity index (χ0n) is 8.63. The number of rotatable bonds is 6. The molecule has 2 atom stereocenters. The van der Waals surface area contributed by atoms with E-state index < -0.39 is 6.10 Å². The first-order chi connectivity index (χ1) is 6.11. The molecule has 0 rings (SSSR count). The van der Waals surface area contributed by atoms with E-state index in [4.69, 9.17) is 0 Å². The van der Waals surface area contributed by atoms with Gasteiger partial charge in [0, 0.05) is 19.0 Å². The number of nitrogens with one attached hydrogen (secondary N) is 2. The van der Waals surface area contributed by atoms with Crippen LogP contribution in [0, 0.1) is 5.92 Å². The zero-order valence-corrected chi connectivity index (χ0v) is 8.63. The Bertz CT molecular complexity index is 151. The Morgan fingerprint density at radius 3 is 2.54 bits per heavy atom. The van der Waals surface area contributed by atoms with E-state index in [0.29, 0.717) is 19.5 Å². The Hall–Kier alpha value is -0.610. The molecule has 0 fully saturated rings. The molecule has 0 aliphatic carbocycles. The number of hydrogen-bond donors (Lipinski definition) is 3. The maximum atomic E-state index is 11.3. The Morgan fingerprint density at radius 2 is 2.08 bits per heavy atom. The highest BCUT2D eigenvalue weighted by Crippen LogP contribution is 1.93. The summed E-state index contributed by atoms with van der Waals surface area (Å²) < 4.78 is 0. The molecule has 0 aromatic heterocycles. The zero-order chi connectivity index (χ0) is 10.3. The molecule has 1 amide bonds. The second-order valence-corrected chi connectivity index (χ2v) is 3.27. The Labute approximate surface area is 79.7 Å². The van der Waals surface area contributed by atoms with Crippen LogP contribution in [-0.4, -0.2) is 37.3 Å². The van der Waals surface area contributed by atoms with Gasteiger partial charge in [0.15, 0.2) is 0 Å². The van der Waals surface area contributed by atoms with E-state index in [1.165, 1.54) is 0 Å². The number of aliphatic hydroxyl groups excluding tert-OH is 1. The fourth-order valence-electron chi connectivity index (χ4n) is 0.936. The first-order valence-corrected chi connectivity index (χ1v) is 4.72. The predicted molar refractivity (Wildman–Crippen MR) is 52.4 cm³/mol. The van der Waals surface area contributed by atoms with Crippen LogP contribution in [0.3, 0.4) is 0 Å². The van der Waals surface area contributed by atoms with E-state index in [1.807, 2.05) is 20.9 Å². The lowest BCUT2D eigenvalue weighted by atomic mass is 10.1. The molecule has 0 radical (unpaired) electrons. The van der Waals surface area contributed by atoms with Crippen molar-refractivity contribution in [3.05, 3.63) is 0 Å². The van der Waals surface area contributed by atoms with Crippen molar-refractivity contribution in [3.63, 3.8) is 0 Å². The van der Waals surface area contributed by atoms with Gasteiger partial charge in [-0.15, -0.1) is 0 Å². The van der Waals surface area contributed by atoms with Gasteiger partial charge in [-0.25, -0.2) is 0 Å². The molecule has 0 saturated heterocycles. The highest BCUT2D eigenvalue weighted by Gasteiger charge is 2.12. The fraction of sp³-hybridized carbons (Fsp3) is 0.889. The van der Waals surface area contributed by atoms with Gasteiger partial charge in [-0.1, -0.05) is 13.8 Å². The van der Waals surface area contributed by atoms with Gasteiger partial charge in [0.05, 0.1) is 6.10 Å². The average Bonchev–Trinajstić information content (AvgIpc) is 2.13. The third-order valence-electron chi connectivity index (χ3n) is 1.94. The van der Waals surface area contributed by atoms with Crippen LogP contribution in [0.25, 0.3) is 0 Å². The van der Waals surface area contributed by atoms with E-state index in [1.54, 1.807) is 0 Å². The Morgan fingerprint density at radius 1 is 1.46 bits per heavy atom. The summed E-state index contributed by atoms with van der Waals surface area (Å²) in [6, 6.07) is 0. The number of amides is 1. The highest BCUT2D eigenvalue weighted by molar-refractivity contribution is 5.78. The Balaban J connectivity index is 3.61. The van der Waals surface area contributed by atoms with Crippen molar-refractivity contribution in [1.82, 2.24) is 10.6 Å². The minimum Gasteiger partial charge on any atom is -0.391 e. The largest absolute Gasteiger partial charge is 0.391 e. The molecule has 0 spiro atoms. The van der Waals surface area contributed by atoms with Crippen LogP contribution in [0.1, 0.15) is 20.3 Å². The maximum Gasteiger partial charge on any atom is 0.224 e. The van der Waals surface area contributed by atoms with Crippen molar-refractivity contribution < 1.29 is 9.90 Å². The van der Waals surface area contributed by atoms with Crippen LogP contribution in [0.4, 0.5) is 0 Å². The van der Waals surface area contributed by atoms with Crippen molar-refractivity contribution in [2.24, 2.45) is 5.92 Å². The summed E-state index contributed by atoms with van der Waals surface area (Å²) in [6.45, 7) is 4.75. The molecule has 4 heteroatoms. The summed E-state index contributed by atoms with van der Waals surface area (Å²) in [5.74, 6) is -0.0593. The molecule has 4 nitrogen and oxygen atoms in total. The molecule has 0 heterocycles. The van der Waals surface area contributed by atoms with Gasteiger partial charge in [-0.05, 0) is 13.5 Å². The average molecular weight is 188 g/mol. The quantitative estimate of drug-likeness (QED) is 0.537. The number of hydrogen-bond acceptors (Lipinski definition) is 3.